The van der Waals surface area contributed by atoms with Crippen molar-refractivity contribution in [1.29, 1.82) is 0 Å². The fourth-order valence-corrected chi connectivity index (χ4v) is 5.85. The summed E-state index contributed by atoms with van der Waals surface area (Å²) < 4.78 is 110. The van der Waals surface area contributed by atoms with Gasteiger partial charge in [-0.25, -0.2) is 9.59 Å². The molecule has 2 N–H and O–H groups in total. The lowest BCUT2D eigenvalue weighted by Gasteiger charge is -2.27. The van der Waals surface area contributed by atoms with Gasteiger partial charge in [-0.2, -0.15) is 26.3 Å². The van der Waals surface area contributed by atoms with Gasteiger partial charge in [0.1, 0.15) is 46.0 Å². The zero-order valence-corrected chi connectivity index (χ0v) is 31.0. The van der Waals surface area contributed by atoms with E-state index in [9.17, 15) is 35.9 Å². The van der Waals surface area contributed by atoms with Crippen molar-refractivity contribution in [2.45, 2.75) is 24.6 Å². The zero-order chi connectivity index (χ0) is 41.3. The van der Waals surface area contributed by atoms with Crippen molar-refractivity contribution in [3.05, 3.63) is 103 Å². The van der Waals surface area contributed by atoms with Crippen LogP contribution in [0.1, 0.15) is 11.1 Å². The first-order valence-electron chi connectivity index (χ1n) is 15.3. The minimum atomic E-state index is -4.91. The molecule has 0 aliphatic carbocycles. The van der Waals surface area contributed by atoms with Crippen molar-refractivity contribution in [3.8, 4) is 46.0 Å². The van der Waals surface area contributed by atoms with Crippen LogP contribution in [0.4, 0.5) is 26.3 Å². The molecular weight excluding hydrogens is 848 g/mol. The number of halogens is 10. The maximum atomic E-state index is 13.2. The second-order valence-electron chi connectivity index (χ2n) is 11.3. The van der Waals surface area contributed by atoms with Crippen LogP contribution in [-0.4, -0.2) is 60.9 Å². The summed E-state index contributed by atoms with van der Waals surface area (Å²) in [7, 11) is 2.92. The lowest BCUT2D eigenvalue weighted by atomic mass is 10.0. The zero-order valence-electron chi connectivity index (χ0n) is 28.0. The van der Waals surface area contributed by atoms with Crippen LogP contribution in [0.25, 0.3) is 12.2 Å². The SMILES string of the molecule is COc1ccc(Oc2cc3c(cc2Cl)C=C(C(=O)O)C(C(F)(F)F)O3)c(Cl)c1.COc1ccc(Oc2cc3c(cc2Cl)C=C(C(=O)O)[C@@H](C(F)(F)F)O3)c(Cl)c1. The van der Waals surface area contributed by atoms with Crippen LogP contribution >= 0.6 is 46.4 Å². The number of ether oxygens (including phenoxy) is 6. The van der Waals surface area contributed by atoms with Crippen molar-refractivity contribution in [3.63, 3.8) is 0 Å². The Morgan fingerprint density at radius 2 is 0.911 bits per heavy atom. The van der Waals surface area contributed by atoms with E-state index in [1.54, 1.807) is 12.1 Å². The third kappa shape index (κ3) is 9.44. The Morgan fingerprint density at radius 1 is 0.571 bits per heavy atom. The average molecular weight is 870 g/mol. The van der Waals surface area contributed by atoms with Crippen LogP contribution in [0.3, 0.4) is 0 Å². The molecule has 0 aromatic heterocycles. The molecule has 2 atom stereocenters. The Labute approximate surface area is 331 Å². The summed E-state index contributed by atoms with van der Waals surface area (Å²) >= 11 is 24.4. The van der Waals surface area contributed by atoms with Crippen LogP contribution in [0.15, 0.2) is 71.8 Å². The van der Waals surface area contributed by atoms with Gasteiger partial charge in [0.2, 0.25) is 12.2 Å². The van der Waals surface area contributed by atoms with Crippen LogP contribution < -0.4 is 28.4 Å². The van der Waals surface area contributed by atoms with E-state index in [-0.39, 0.29) is 65.7 Å². The lowest BCUT2D eigenvalue weighted by Crippen LogP contribution is -2.40. The van der Waals surface area contributed by atoms with Crippen LogP contribution in [-0.2, 0) is 9.59 Å². The molecule has 1 unspecified atom stereocenters. The number of aliphatic carboxylic acids is 2. The van der Waals surface area contributed by atoms with E-state index in [1.165, 1.54) is 50.6 Å². The predicted molar refractivity (Wildman–Crippen MR) is 191 cm³/mol. The van der Waals surface area contributed by atoms with Gasteiger partial charge in [0.15, 0.2) is 0 Å². The number of alkyl halides is 6. The quantitative estimate of drug-likeness (QED) is 0.165. The summed E-state index contributed by atoms with van der Waals surface area (Å²) in [5.74, 6) is -2.62. The molecule has 0 fully saturated rings. The van der Waals surface area contributed by atoms with E-state index in [0.717, 1.165) is 24.3 Å². The summed E-state index contributed by atoms with van der Waals surface area (Å²) in [6.45, 7) is 0. The Balaban J connectivity index is 0.000000214. The number of benzene rings is 4. The largest absolute Gasteiger partial charge is 0.497 e. The van der Waals surface area contributed by atoms with Crippen LogP contribution in [0.2, 0.25) is 20.1 Å². The molecule has 4 aromatic rings. The molecule has 0 spiro atoms. The Morgan fingerprint density at radius 3 is 1.20 bits per heavy atom. The van der Waals surface area contributed by atoms with Crippen molar-refractivity contribution in [1.82, 2.24) is 0 Å². The summed E-state index contributed by atoms with van der Waals surface area (Å²) in [4.78, 5) is 22.3. The number of hydrogen-bond acceptors (Lipinski definition) is 8. The Hall–Kier alpha value is -5.16. The molecule has 0 saturated heterocycles. The molecule has 0 saturated carbocycles. The second-order valence-corrected chi connectivity index (χ2v) is 13.0. The molecule has 6 rings (SSSR count). The van der Waals surface area contributed by atoms with Crippen molar-refractivity contribution in [2.24, 2.45) is 0 Å². The summed E-state index contributed by atoms with van der Waals surface area (Å²) in [5, 5.41) is 18.6. The molecular formula is C36H22Cl4F6O10. The van der Waals surface area contributed by atoms with Gasteiger partial charge in [-0.1, -0.05) is 46.4 Å². The number of carbonyl (C=O) groups is 2. The van der Waals surface area contributed by atoms with Gasteiger partial charge in [-0.3, -0.25) is 0 Å². The minimum Gasteiger partial charge on any atom is -0.497 e. The molecule has 2 heterocycles. The summed E-state index contributed by atoms with van der Waals surface area (Å²) in [5.41, 5.74) is -1.72. The number of carboxylic acid groups (broad SMARTS) is 2. The Bertz CT molecular complexity index is 2100. The van der Waals surface area contributed by atoms with Crippen LogP contribution in [0.5, 0.6) is 46.0 Å². The highest BCUT2D eigenvalue weighted by Crippen LogP contribution is 2.45. The second kappa shape index (κ2) is 16.5. The highest BCUT2D eigenvalue weighted by atomic mass is 35.5. The molecule has 2 aliphatic heterocycles. The Kier molecular flexibility index (Phi) is 12.4. The van der Waals surface area contributed by atoms with Gasteiger partial charge in [0, 0.05) is 35.4 Å². The fraction of sp³-hybridized carbons (Fsp3) is 0.167. The third-order valence-electron chi connectivity index (χ3n) is 7.61. The van der Waals surface area contributed by atoms with E-state index in [0.29, 0.717) is 11.5 Å². The van der Waals surface area contributed by atoms with E-state index < -0.39 is 47.6 Å². The predicted octanol–water partition coefficient (Wildman–Crippen LogP) is 11.2. The molecule has 20 heteroatoms. The van der Waals surface area contributed by atoms with Crippen molar-refractivity contribution >= 4 is 70.5 Å². The first-order chi connectivity index (χ1) is 26.2. The summed E-state index contributed by atoms with van der Waals surface area (Å²) in [6.07, 6.45) is -13.3. The number of rotatable bonds is 8. The van der Waals surface area contributed by atoms with E-state index >= 15 is 0 Å². The lowest BCUT2D eigenvalue weighted by molar-refractivity contribution is -0.187. The van der Waals surface area contributed by atoms with E-state index in [4.69, 9.17) is 85.0 Å². The van der Waals surface area contributed by atoms with Gasteiger partial charge in [-0.05, 0) is 48.6 Å². The number of fused-ring (bicyclic) bond motifs is 2. The molecule has 2 aliphatic rings. The van der Waals surface area contributed by atoms with Gasteiger partial charge in [0.25, 0.3) is 0 Å². The number of methoxy groups -OCH3 is 2. The van der Waals surface area contributed by atoms with Crippen molar-refractivity contribution < 1.29 is 74.6 Å². The van der Waals surface area contributed by atoms with Gasteiger partial charge in [0.05, 0.1) is 45.5 Å². The van der Waals surface area contributed by atoms with Crippen LogP contribution in [0, 0.1) is 0 Å². The van der Waals surface area contributed by atoms with Gasteiger partial charge < -0.3 is 38.6 Å². The molecule has 10 nitrogen and oxygen atoms in total. The van der Waals surface area contributed by atoms with E-state index in [2.05, 4.69) is 0 Å². The first-order valence-corrected chi connectivity index (χ1v) is 16.8. The standard InChI is InChI=1S/2C18H11Cl2F3O5/c2*1-26-9-2-3-13(12(20)6-9)27-15-7-14-8(5-11(15)19)4-10(17(24)25)16(28-14)18(21,22)23/h2*2-7,16H,1H3,(H,24,25)/t16-;/m0./s1. The van der Waals surface area contributed by atoms with Gasteiger partial charge >= 0.3 is 24.3 Å². The maximum absolute atomic E-state index is 13.2. The molecule has 0 radical (unpaired) electrons. The maximum Gasteiger partial charge on any atom is 0.430 e. The highest BCUT2D eigenvalue weighted by molar-refractivity contribution is 6.33. The summed E-state index contributed by atoms with van der Waals surface area (Å²) in [6, 6.07) is 13.9. The monoisotopic (exact) mass is 868 g/mol. The third-order valence-corrected chi connectivity index (χ3v) is 8.79. The fourth-order valence-electron chi connectivity index (χ4n) is 5.01. The topological polar surface area (TPSA) is 130 Å². The number of hydrogen-bond donors (Lipinski definition) is 2. The molecule has 56 heavy (non-hydrogen) atoms. The van der Waals surface area contributed by atoms with Gasteiger partial charge in [-0.15, -0.1) is 0 Å². The highest BCUT2D eigenvalue weighted by Gasteiger charge is 2.49. The first kappa shape index (κ1) is 42.0. The minimum absolute atomic E-state index is 0.0133. The van der Waals surface area contributed by atoms with Crippen molar-refractivity contribution in [2.75, 3.05) is 14.2 Å². The number of carboxylic acids is 2. The molecule has 0 bridgehead atoms. The molecule has 296 valence electrons. The molecule has 0 amide bonds. The normalized spacial score (nSPS) is 15.9. The smallest absolute Gasteiger partial charge is 0.430 e. The molecule has 4 aromatic carbocycles. The van der Waals surface area contributed by atoms with E-state index in [1.807, 2.05) is 0 Å². The average Bonchev–Trinajstić information content (AvgIpc) is 3.12.